The Hall–Kier alpha value is -2.66. The van der Waals surface area contributed by atoms with Gasteiger partial charge in [-0.3, -0.25) is 4.79 Å². The molecule has 1 atom stereocenters. The number of halogens is 1. The van der Waals surface area contributed by atoms with Crippen molar-refractivity contribution in [1.29, 1.82) is 0 Å². The van der Waals surface area contributed by atoms with E-state index < -0.39 is 0 Å². The van der Waals surface area contributed by atoms with E-state index in [2.05, 4.69) is 5.32 Å². The van der Waals surface area contributed by atoms with Crippen molar-refractivity contribution in [3.63, 3.8) is 0 Å². The van der Waals surface area contributed by atoms with E-state index in [1.165, 1.54) is 18.2 Å². The molecular formula is C20H23FN2O2. The zero-order valence-electron chi connectivity index (χ0n) is 14.7. The molecule has 2 rings (SSSR count). The van der Waals surface area contributed by atoms with Crippen molar-refractivity contribution in [2.75, 3.05) is 27.7 Å². The number of likely N-dealkylation sites (N-methyl/N-ethyl adjacent to an activating group) is 1. The molecule has 0 heterocycles. The maximum atomic E-state index is 13.4. The number of nitrogens with zero attached hydrogens (tertiary/aromatic N) is 1. The molecule has 0 aromatic heterocycles. The van der Waals surface area contributed by atoms with E-state index in [9.17, 15) is 9.18 Å². The van der Waals surface area contributed by atoms with Crippen LogP contribution in [0.4, 0.5) is 4.39 Å². The lowest BCUT2D eigenvalue weighted by atomic mass is 10.1. The van der Waals surface area contributed by atoms with Gasteiger partial charge in [0.05, 0.1) is 13.2 Å². The number of methoxy groups -OCH3 is 1. The van der Waals surface area contributed by atoms with Crippen molar-refractivity contribution in [3.8, 4) is 5.75 Å². The van der Waals surface area contributed by atoms with Crippen molar-refractivity contribution >= 4 is 12.0 Å². The molecule has 0 aliphatic heterocycles. The lowest BCUT2D eigenvalue weighted by Crippen LogP contribution is -2.33. The smallest absolute Gasteiger partial charge is 0.244 e. The summed E-state index contributed by atoms with van der Waals surface area (Å²) in [5, 5.41) is 2.86. The third-order valence-electron chi connectivity index (χ3n) is 3.87. The van der Waals surface area contributed by atoms with E-state index in [0.29, 0.717) is 6.54 Å². The van der Waals surface area contributed by atoms with Gasteiger partial charge in [-0.25, -0.2) is 4.39 Å². The van der Waals surface area contributed by atoms with Crippen LogP contribution in [0.1, 0.15) is 17.2 Å². The van der Waals surface area contributed by atoms with Crippen LogP contribution in [0.3, 0.4) is 0 Å². The first-order chi connectivity index (χ1) is 12.0. The fourth-order valence-electron chi connectivity index (χ4n) is 2.46. The van der Waals surface area contributed by atoms with Crippen molar-refractivity contribution < 1.29 is 13.9 Å². The Kier molecular flexibility index (Phi) is 6.71. The van der Waals surface area contributed by atoms with E-state index >= 15 is 0 Å². The van der Waals surface area contributed by atoms with Crippen LogP contribution in [-0.2, 0) is 4.79 Å². The summed E-state index contributed by atoms with van der Waals surface area (Å²) in [7, 11) is 5.40. The highest BCUT2D eigenvalue weighted by atomic mass is 19.1. The molecule has 25 heavy (non-hydrogen) atoms. The summed E-state index contributed by atoms with van der Waals surface area (Å²) in [5.74, 6) is 0.291. The van der Waals surface area contributed by atoms with Crippen LogP contribution in [-0.4, -0.2) is 38.6 Å². The standard InChI is InChI=1S/C20H23FN2O2/c1-23(2)19(16-5-4-6-17(21)13-16)14-22-20(24)12-9-15-7-10-18(25-3)11-8-15/h4-13,19H,14H2,1-3H3,(H,22,24)/b12-9+. The number of carbonyl (C=O) groups is 1. The Labute approximate surface area is 147 Å². The molecule has 0 radical (unpaired) electrons. The number of nitrogens with one attached hydrogen (secondary N) is 1. The minimum Gasteiger partial charge on any atom is -0.497 e. The SMILES string of the molecule is COc1ccc(/C=C/C(=O)NCC(c2cccc(F)c2)N(C)C)cc1. The quantitative estimate of drug-likeness (QED) is 0.785. The van der Waals surface area contributed by atoms with Crippen molar-refractivity contribution in [2.24, 2.45) is 0 Å². The fraction of sp³-hybridized carbons (Fsp3) is 0.250. The Morgan fingerprint density at radius 1 is 1.24 bits per heavy atom. The van der Waals surface area contributed by atoms with Crippen LogP contribution in [0.25, 0.3) is 6.08 Å². The minimum atomic E-state index is -0.282. The number of benzene rings is 2. The molecule has 1 N–H and O–H groups in total. The van der Waals surface area contributed by atoms with Gasteiger partial charge in [0.15, 0.2) is 0 Å². The third-order valence-corrected chi connectivity index (χ3v) is 3.87. The van der Waals surface area contributed by atoms with Gasteiger partial charge in [-0.2, -0.15) is 0 Å². The molecule has 1 amide bonds. The van der Waals surface area contributed by atoms with Gasteiger partial charge in [-0.1, -0.05) is 24.3 Å². The summed E-state index contributed by atoms with van der Waals surface area (Å²) in [6.45, 7) is 0.391. The zero-order chi connectivity index (χ0) is 18.2. The van der Waals surface area contributed by atoms with E-state index in [1.54, 1.807) is 19.3 Å². The molecule has 1 unspecified atom stereocenters. The summed E-state index contributed by atoms with van der Waals surface area (Å²) in [6, 6.07) is 13.7. The molecular weight excluding hydrogens is 319 g/mol. The molecule has 2 aromatic rings. The van der Waals surface area contributed by atoms with Gasteiger partial charge in [0, 0.05) is 12.6 Å². The monoisotopic (exact) mass is 342 g/mol. The first-order valence-corrected chi connectivity index (χ1v) is 8.01. The molecule has 0 aliphatic carbocycles. The summed E-state index contributed by atoms with van der Waals surface area (Å²) in [6.07, 6.45) is 3.22. The van der Waals surface area contributed by atoms with Crippen LogP contribution >= 0.6 is 0 Å². The van der Waals surface area contributed by atoms with Crippen LogP contribution in [0, 0.1) is 5.82 Å². The van der Waals surface area contributed by atoms with Gasteiger partial charge < -0.3 is 15.0 Å². The maximum Gasteiger partial charge on any atom is 0.244 e. The Bertz CT molecular complexity index is 727. The Morgan fingerprint density at radius 2 is 1.96 bits per heavy atom. The zero-order valence-corrected chi connectivity index (χ0v) is 14.7. The highest BCUT2D eigenvalue weighted by Gasteiger charge is 2.15. The van der Waals surface area contributed by atoms with Crippen LogP contribution < -0.4 is 10.1 Å². The van der Waals surface area contributed by atoms with E-state index in [0.717, 1.165) is 16.9 Å². The average molecular weight is 342 g/mol. The van der Waals surface area contributed by atoms with E-state index in [4.69, 9.17) is 4.74 Å². The second kappa shape index (κ2) is 8.99. The van der Waals surface area contributed by atoms with Gasteiger partial charge in [0.25, 0.3) is 0 Å². The summed E-state index contributed by atoms with van der Waals surface area (Å²) in [4.78, 5) is 14.0. The van der Waals surface area contributed by atoms with Crippen LogP contribution in [0.5, 0.6) is 5.75 Å². The first-order valence-electron chi connectivity index (χ1n) is 8.01. The van der Waals surface area contributed by atoms with Gasteiger partial charge in [0.1, 0.15) is 11.6 Å². The largest absolute Gasteiger partial charge is 0.497 e. The predicted molar refractivity (Wildman–Crippen MR) is 97.9 cm³/mol. The molecule has 2 aromatic carbocycles. The Balaban J connectivity index is 1.95. The second-order valence-corrected chi connectivity index (χ2v) is 5.89. The van der Waals surface area contributed by atoms with Crippen LogP contribution in [0.15, 0.2) is 54.6 Å². The fourth-order valence-corrected chi connectivity index (χ4v) is 2.46. The van der Waals surface area contributed by atoms with Gasteiger partial charge >= 0.3 is 0 Å². The Morgan fingerprint density at radius 3 is 2.56 bits per heavy atom. The average Bonchev–Trinajstić information content (AvgIpc) is 2.60. The van der Waals surface area contributed by atoms with E-state index in [-0.39, 0.29) is 17.8 Å². The number of carbonyl (C=O) groups excluding carboxylic acids is 1. The molecule has 5 heteroatoms. The van der Waals surface area contributed by atoms with Crippen molar-refractivity contribution in [3.05, 3.63) is 71.6 Å². The van der Waals surface area contributed by atoms with Crippen molar-refractivity contribution in [1.82, 2.24) is 10.2 Å². The highest BCUT2D eigenvalue weighted by molar-refractivity contribution is 5.91. The normalized spacial score (nSPS) is 12.4. The molecule has 0 fully saturated rings. The number of rotatable bonds is 7. The summed E-state index contributed by atoms with van der Waals surface area (Å²) in [5.41, 5.74) is 1.73. The number of amides is 1. The number of ether oxygens (including phenoxy) is 1. The highest BCUT2D eigenvalue weighted by Crippen LogP contribution is 2.18. The van der Waals surface area contributed by atoms with Gasteiger partial charge in [0.2, 0.25) is 5.91 Å². The predicted octanol–water partition coefficient (Wildman–Crippen LogP) is 3.27. The number of hydrogen-bond donors (Lipinski definition) is 1. The molecule has 0 aliphatic rings. The lowest BCUT2D eigenvalue weighted by molar-refractivity contribution is -0.116. The van der Waals surface area contributed by atoms with Gasteiger partial charge in [-0.05, 0) is 55.6 Å². The second-order valence-electron chi connectivity index (χ2n) is 5.89. The first kappa shape index (κ1) is 18.7. The van der Waals surface area contributed by atoms with Crippen LogP contribution in [0.2, 0.25) is 0 Å². The molecule has 0 saturated heterocycles. The molecule has 132 valence electrons. The topological polar surface area (TPSA) is 41.6 Å². The molecule has 0 bridgehead atoms. The maximum absolute atomic E-state index is 13.4. The summed E-state index contributed by atoms with van der Waals surface area (Å²) < 4.78 is 18.5. The molecule has 4 nitrogen and oxygen atoms in total. The van der Waals surface area contributed by atoms with E-state index in [1.807, 2.05) is 49.3 Å². The summed E-state index contributed by atoms with van der Waals surface area (Å²) >= 11 is 0. The molecule has 0 spiro atoms. The lowest BCUT2D eigenvalue weighted by Gasteiger charge is -2.24. The van der Waals surface area contributed by atoms with Gasteiger partial charge in [-0.15, -0.1) is 0 Å². The third kappa shape index (κ3) is 5.72. The minimum absolute atomic E-state index is 0.103. The number of hydrogen-bond acceptors (Lipinski definition) is 3. The van der Waals surface area contributed by atoms with Crippen molar-refractivity contribution in [2.45, 2.75) is 6.04 Å². The molecule has 0 saturated carbocycles.